The molecule has 0 aliphatic heterocycles. The smallest absolute Gasteiger partial charge is 0.0718 e. The molecule has 51 heavy (non-hydrogen) atoms. The molecule has 0 bridgehead atoms. The van der Waals surface area contributed by atoms with Gasteiger partial charge in [-0.15, -0.1) is 0 Å². The Labute approximate surface area is 317 Å². The molecule has 6 heteroatoms. The first-order valence-electron chi connectivity index (χ1n) is 21.8. The third-order valence-electron chi connectivity index (χ3n) is 9.13. The largest absolute Gasteiger partial charge is 0.394 e. The maximum absolute atomic E-state index is 8.58. The van der Waals surface area contributed by atoms with Crippen molar-refractivity contribution in [1.29, 1.82) is 0 Å². The van der Waals surface area contributed by atoms with Gasteiger partial charge in [0.05, 0.1) is 46.2 Å². The Morgan fingerprint density at radius 1 is 0.353 bits per heavy atom. The Morgan fingerprint density at radius 2 is 0.627 bits per heavy atom. The van der Waals surface area contributed by atoms with E-state index >= 15 is 0 Å². The predicted molar refractivity (Wildman–Crippen MR) is 220 cm³/mol. The van der Waals surface area contributed by atoms with E-state index in [4.69, 9.17) is 29.5 Å². The maximum atomic E-state index is 8.58. The van der Waals surface area contributed by atoms with Gasteiger partial charge in [-0.25, -0.2) is 0 Å². The number of hydrogen-bond donors (Lipinski definition) is 3. The third kappa shape index (κ3) is 49.0. The fourth-order valence-electron chi connectivity index (χ4n) is 5.89. The Morgan fingerprint density at radius 3 is 0.922 bits per heavy atom. The summed E-state index contributed by atoms with van der Waals surface area (Å²) in [6.07, 6.45) is 37.5. The number of unbranched alkanes of at least 4 members (excludes halogenated alkanes) is 25. The number of rotatable bonds is 37. The molecule has 0 saturated heterocycles. The molecule has 6 nitrogen and oxygen atoms in total. The zero-order chi connectivity index (χ0) is 37.6. The highest BCUT2D eigenvalue weighted by molar-refractivity contribution is 5.20. The molecule has 0 heterocycles. The van der Waals surface area contributed by atoms with Gasteiger partial charge in [-0.3, -0.25) is 0 Å². The van der Waals surface area contributed by atoms with Crippen molar-refractivity contribution in [3.8, 4) is 0 Å². The summed E-state index contributed by atoms with van der Waals surface area (Å²) in [4.78, 5) is 0. The van der Waals surface area contributed by atoms with Gasteiger partial charge in [-0.1, -0.05) is 204 Å². The van der Waals surface area contributed by atoms with Crippen LogP contribution in [0.4, 0.5) is 0 Å². The average molecular weight is 725 g/mol. The summed E-state index contributed by atoms with van der Waals surface area (Å²) in [6, 6.07) is 8.18. The second kappa shape index (κ2) is 49.0. The lowest BCUT2D eigenvalue weighted by Crippen LogP contribution is -2.00. The Kier molecular flexibility index (Phi) is 50.0. The van der Waals surface area contributed by atoms with Crippen LogP contribution in [0, 0.1) is 6.92 Å². The number of aliphatic hydroxyl groups is 3. The maximum Gasteiger partial charge on any atom is 0.0718 e. The molecule has 0 atom stereocenters. The lowest BCUT2D eigenvalue weighted by molar-refractivity contribution is 0.0815. The lowest BCUT2D eigenvalue weighted by atomic mass is 10.0. The molecule has 1 aromatic rings. The highest BCUT2D eigenvalue weighted by Crippen LogP contribution is 2.14. The zero-order valence-corrected chi connectivity index (χ0v) is 34.3. The molecule has 0 aliphatic carbocycles. The molecule has 3 N–H and O–H groups in total. The summed E-state index contributed by atoms with van der Waals surface area (Å²) in [5, 5.41) is 25.6. The number of benzene rings is 1. The number of hydrogen-bond acceptors (Lipinski definition) is 6. The quantitative estimate of drug-likeness (QED) is 0.0592. The van der Waals surface area contributed by atoms with Crippen LogP contribution >= 0.6 is 0 Å². The fourth-order valence-corrected chi connectivity index (χ4v) is 5.89. The van der Waals surface area contributed by atoms with Gasteiger partial charge in [-0.05, 0) is 25.3 Å². The SMILES string of the molecule is CCCCCCCCCCCCCCCCCCOCCO.CCCCCCCCCCCCCOCCO.Cc1ccc(COCCO)cc1. The monoisotopic (exact) mass is 725 g/mol. The van der Waals surface area contributed by atoms with Crippen molar-refractivity contribution in [2.45, 2.75) is 201 Å². The minimum atomic E-state index is 0.0891. The normalized spacial score (nSPS) is 10.9. The highest BCUT2D eigenvalue weighted by Gasteiger charge is 1.96. The molecular weight excluding hydrogens is 636 g/mol. The molecule has 1 rings (SSSR count). The highest BCUT2D eigenvalue weighted by atomic mass is 16.5. The Bertz CT molecular complexity index is 679. The van der Waals surface area contributed by atoms with Crippen molar-refractivity contribution >= 4 is 0 Å². The van der Waals surface area contributed by atoms with Crippen molar-refractivity contribution in [2.24, 2.45) is 0 Å². The van der Waals surface area contributed by atoms with E-state index in [1.165, 1.54) is 166 Å². The fraction of sp³-hybridized carbons (Fsp3) is 0.867. The van der Waals surface area contributed by atoms with E-state index in [1.54, 1.807) is 0 Å². The molecule has 304 valence electrons. The number of aryl methyl sites for hydroxylation is 1. The van der Waals surface area contributed by atoms with Crippen LogP contribution < -0.4 is 0 Å². The molecule has 0 spiro atoms. The van der Waals surface area contributed by atoms with Gasteiger partial charge >= 0.3 is 0 Å². The molecule has 0 aliphatic rings. The summed E-state index contributed by atoms with van der Waals surface area (Å²) >= 11 is 0. The van der Waals surface area contributed by atoms with E-state index in [0.717, 1.165) is 31.6 Å². The van der Waals surface area contributed by atoms with Crippen LogP contribution in [0.1, 0.15) is 198 Å². The summed E-state index contributed by atoms with van der Waals surface area (Å²) in [7, 11) is 0. The van der Waals surface area contributed by atoms with E-state index in [-0.39, 0.29) is 19.8 Å². The topological polar surface area (TPSA) is 88.4 Å². The van der Waals surface area contributed by atoms with Crippen LogP contribution in [-0.2, 0) is 20.8 Å². The van der Waals surface area contributed by atoms with Gasteiger partial charge in [0.15, 0.2) is 0 Å². The van der Waals surface area contributed by atoms with Crippen LogP contribution in [0.15, 0.2) is 24.3 Å². The van der Waals surface area contributed by atoms with Crippen molar-refractivity contribution in [2.75, 3.05) is 52.9 Å². The summed E-state index contributed by atoms with van der Waals surface area (Å²) in [5.74, 6) is 0. The second-order valence-electron chi connectivity index (χ2n) is 14.3. The molecule has 1 aromatic carbocycles. The van der Waals surface area contributed by atoms with Crippen LogP contribution in [0.2, 0.25) is 0 Å². The number of ether oxygens (including phenoxy) is 3. The average Bonchev–Trinajstić information content (AvgIpc) is 3.14. The first-order chi connectivity index (χ1) is 25.2. The Balaban J connectivity index is 0. The van der Waals surface area contributed by atoms with Gasteiger partial charge in [0.1, 0.15) is 0 Å². The van der Waals surface area contributed by atoms with Gasteiger partial charge < -0.3 is 29.5 Å². The minimum Gasteiger partial charge on any atom is -0.394 e. The van der Waals surface area contributed by atoms with Crippen LogP contribution in [0.5, 0.6) is 0 Å². The molecule has 0 radical (unpaired) electrons. The first-order valence-corrected chi connectivity index (χ1v) is 21.8. The zero-order valence-electron chi connectivity index (χ0n) is 34.3. The molecule has 0 amide bonds. The van der Waals surface area contributed by atoms with Crippen molar-refractivity contribution in [3.63, 3.8) is 0 Å². The molecule has 0 aromatic heterocycles. The first kappa shape index (κ1) is 52.1. The van der Waals surface area contributed by atoms with Crippen LogP contribution in [0.25, 0.3) is 0 Å². The number of aliphatic hydroxyl groups excluding tert-OH is 3. The van der Waals surface area contributed by atoms with Gasteiger partial charge in [-0.2, -0.15) is 0 Å². The van der Waals surface area contributed by atoms with Crippen LogP contribution in [-0.4, -0.2) is 68.2 Å². The molecule has 0 fully saturated rings. The second-order valence-corrected chi connectivity index (χ2v) is 14.3. The van der Waals surface area contributed by atoms with Crippen molar-refractivity contribution in [1.82, 2.24) is 0 Å². The standard InChI is InChI=1S/C20H42O2.C15H32O2.C10H14O2/c1-2-3-4-5-6-7-8-9-10-11-12-13-14-15-16-17-19-22-20-18-21;1-2-3-4-5-6-7-8-9-10-11-12-14-17-15-13-16;1-9-2-4-10(5-3-9)8-12-7-6-11/h21H,2-20H2,1H3;16H,2-15H2,1H3;2-5,11H,6-8H2,1H3. The van der Waals surface area contributed by atoms with E-state index in [2.05, 4.69) is 32.9 Å². The van der Waals surface area contributed by atoms with Gasteiger partial charge in [0, 0.05) is 13.2 Å². The molecule has 0 unspecified atom stereocenters. The van der Waals surface area contributed by atoms with Crippen molar-refractivity contribution < 1.29 is 29.5 Å². The molecular formula is C45H88O6. The van der Waals surface area contributed by atoms with E-state index in [1.807, 2.05) is 12.1 Å². The summed E-state index contributed by atoms with van der Waals surface area (Å²) < 4.78 is 15.6. The van der Waals surface area contributed by atoms with E-state index < -0.39 is 0 Å². The van der Waals surface area contributed by atoms with Crippen LogP contribution in [0.3, 0.4) is 0 Å². The van der Waals surface area contributed by atoms with Gasteiger partial charge in [0.25, 0.3) is 0 Å². The van der Waals surface area contributed by atoms with Crippen molar-refractivity contribution in [3.05, 3.63) is 35.4 Å². The van der Waals surface area contributed by atoms with Gasteiger partial charge in [0.2, 0.25) is 0 Å². The Hall–Kier alpha value is -1.02. The third-order valence-corrected chi connectivity index (χ3v) is 9.13. The summed E-state index contributed by atoms with van der Waals surface area (Å²) in [6.45, 7) is 10.6. The predicted octanol–water partition coefficient (Wildman–Crippen LogP) is 12.1. The lowest BCUT2D eigenvalue weighted by Gasteiger charge is -2.04. The van der Waals surface area contributed by atoms with E-state index in [9.17, 15) is 0 Å². The molecule has 0 saturated carbocycles. The summed E-state index contributed by atoms with van der Waals surface area (Å²) in [5.41, 5.74) is 2.40. The van der Waals surface area contributed by atoms with E-state index in [0.29, 0.717) is 26.4 Å². The minimum absolute atomic E-state index is 0.0891.